The molecule has 0 bridgehead atoms. The van der Waals surface area contributed by atoms with Crippen molar-refractivity contribution >= 4 is 5.69 Å². The fourth-order valence-corrected chi connectivity index (χ4v) is 2.26. The summed E-state index contributed by atoms with van der Waals surface area (Å²) < 4.78 is 0. The summed E-state index contributed by atoms with van der Waals surface area (Å²) in [6.07, 6.45) is 3.90. The zero-order valence-corrected chi connectivity index (χ0v) is 9.66. The lowest BCUT2D eigenvalue weighted by atomic mass is 10.0. The minimum Gasteiger partial charge on any atom is -0.506 e. The average Bonchev–Trinajstić information content (AvgIpc) is 2.67. The van der Waals surface area contributed by atoms with Crippen molar-refractivity contribution in [2.75, 3.05) is 11.9 Å². The van der Waals surface area contributed by atoms with Gasteiger partial charge in [-0.25, -0.2) is 0 Å². The van der Waals surface area contributed by atoms with E-state index in [2.05, 4.69) is 5.32 Å². The van der Waals surface area contributed by atoms with Gasteiger partial charge in [-0.15, -0.1) is 0 Å². The van der Waals surface area contributed by atoms with Gasteiger partial charge >= 0.3 is 0 Å². The van der Waals surface area contributed by atoms with Crippen LogP contribution in [0.25, 0.3) is 0 Å². The first-order valence-electron chi connectivity index (χ1n) is 5.85. The molecule has 3 heteroatoms. The fourth-order valence-electron chi connectivity index (χ4n) is 2.26. The number of phenols is 1. The molecule has 1 aromatic rings. The Morgan fingerprint density at radius 3 is 2.69 bits per heavy atom. The highest BCUT2D eigenvalue weighted by molar-refractivity contribution is 5.57. The quantitative estimate of drug-likeness (QED) is 0.687. The second-order valence-electron chi connectivity index (χ2n) is 4.81. The molecule has 1 fully saturated rings. The smallest absolute Gasteiger partial charge is 0.138 e. The van der Waals surface area contributed by atoms with Crippen LogP contribution >= 0.6 is 0 Å². The zero-order chi connectivity index (χ0) is 11.6. The molecule has 0 heterocycles. The molecule has 0 aromatic heterocycles. The van der Waals surface area contributed by atoms with Crippen LogP contribution in [0.5, 0.6) is 5.75 Å². The summed E-state index contributed by atoms with van der Waals surface area (Å²) in [5.74, 6) is 0.243. The molecule has 0 aliphatic heterocycles. The molecule has 1 aliphatic carbocycles. The number of benzene rings is 1. The lowest BCUT2D eigenvalue weighted by molar-refractivity contribution is 0.0614. The maximum Gasteiger partial charge on any atom is 0.138 e. The first kappa shape index (κ1) is 11.3. The van der Waals surface area contributed by atoms with Crippen molar-refractivity contribution in [1.29, 1.82) is 0 Å². The molecule has 0 unspecified atom stereocenters. The monoisotopic (exact) mass is 221 g/mol. The maximum atomic E-state index is 10.2. The number of hydrogen-bond donors (Lipinski definition) is 3. The van der Waals surface area contributed by atoms with Crippen LogP contribution in [-0.2, 0) is 0 Å². The van der Waals surface area contributed by atoms with E-state index in [-0.39, 0.29) is 5.75 Å². The highest BCUT2D eigenvalue weighted by atomic mass is 16.3. The molecular formula is C13H19NO2. The summed E-state index contributed by atoms with van der Waals surface area (Å²) in [5, 5.41) is 23.0. The predicted molar refractivity (Wildman–Crippen MR) is 64.8 cm³/mol. The number of aromatic hydroxyl groups is 1. The molecule has 16 heavy (non-hydrogen) atoms. The van der Waals surface area contributed by atoms with Crippen molar-refractivity contribution in [3.05, 3.63) is 23.8 Å². The van der Waals surface area contributed by atoms with Crippen LogP contribution in [0.1, 0.15) is 31.2 Å². The molecule has 3 N–H and O–H groups in total. The van der Waals surface area contributed by atoms with E-state index in [1.807, 2.05) is 19.1 Å². The molecule has 88 valence electrons. The number of aliphatic hydroxyl groups is 1. The Balaban J connectivity index is 2.01. The molecular weight excluding hydrogens is 202 g/mol. The largest absolute Gasteiger partial charge is 0.506 e. The van der Waals surface area contributed by atoms with Crippen LogP contribution in [0.2, 0.25) is 0 Å². The van der Waals surface area contributed by atoms with Crippen molar-refractivity contribution in [2.45, 2.75) is 38.2 Å². The van der Waals surface area contributed by atoms with E-state index in [0.29, 0.717) is 12.2 Å². The Morgan fingerprint density at radius 2 is 2.00 bits per heavy atom. The van der Waals surface area contributed by atoms with Gasteiger partial charge in [-0.05, 0) is 37.5 Å². The van der Waals surface area contributed by atoms with Gasteiger partial charge in [0.1, 0.15) is 5.75 Å². The summed E-state index contributed by atoms with van der Waals surface area (Å²) in [5.41, 5.74) is 1.22. The van der Waals surface area contributed by atoms with Gasteiger partial charge in [0.15, 0.2) is 0 Å². The Labute approximate surface area is 96.1 Å². The highest BCUT2D eigenvalue weighted by Gasteiger charge is 2.30. The van der Waals surface area contributed by atoms with Gasteiger partial charge in [0.25, 0.3) is 0 Å². The van der Waals surface area contributed by atoms with Crippen molar-refractivity contribution in [3.63, 3.8) is 0 Å². The Bertz CT molecular complexity index is 370. The molecule has 2 rings (SSSR count). The second-order valence-corrected chi connectivity index (χ2v) is 4.81. The molecule has 0 amide bonds. The third-order valence-corrected chi connectivity index (χ3v) is 3.29. The molecule has 3 nitrogen and oxygen atoms in total. The third kappa shape index (κ3) is 2.47. The SMILES string of the molecule is Cc1ccc(O)c(NCC2(O)CCCC2)c1. The van der Waals surface area contributed by atoms with Crippen molar-refractivity contribution in [2.24, 2.45) is 0 Å². The fraction of sp³-hybridized carbons (Fsp3) is 0.538. The van der Waals surface area contributed by atoms with Crippen LogP contribution in [-0.4, -0.2) is 22.4 Å². The minimum atomic E-state index is -0.587. The second kappa shape index (κ2) is 4.34. The summed E-state index contributed by atoms with van der Waals surface area (Å²) in [6.45, 7) is 2.50. The number of phenolic OH excluding ortho intramolecular Hbond substituents is 1. The average molecular weight is 221 g/mol. The van der Waals surface area contributed by atoms with E-state index in [4.69, 9.17) is 0 Å². The van der Waals surface area contributed by atoms with Gasteiger partial charge in [0, 0.05) is 6.54 Å². The molecule has 0 radical (unpaired) electrons. The van der Waals surface area contributed by atoms with Gasteiger partial charge in [-0.3, -0.25) is 0 Å². The van der Waals surface area contributed by atoms with Crippen molar-refractivity contribution < 1.29 is 10.2 Å². The van der Waals surface area contributed by atoms with Crippen LogP contribution in [0.15, 0.2) is 18.2 Å². The topological polar surface area (TPSA) is 52.5 Å². The standard InChI is InChI=1S/C13H19NO2/c1-10-4-5-12(15)11(8-10)14-9-13(16)6-2-3-7-13/h4-5,8,14-16H,2-3,6-7,9H2,1H3. The number of nitrogens with one attached hydrogen (secondary N) is 1. The van der Waals surface area contributed by atoms with Gasteiger partial charge in [0.2, 0.25) is 0 Å². The van der Waals surface area contributed by atoms with E-state index in [1.54, 1.807) is 6.07 Å². The lowest BCUT2D eigenvalue weighted by Gasteiger charge is -2.23. The van der Waals surface area contributed by atoms with Crippen LogP contribution in [0, 0.1) is 6.92 Å². The molecule has 1 aliphatic rings. The number of rotatable bonds is 3. The van der Waals surface area contributed by atoms with Crippen LogP contribution in [0.4, 0.5) is 5.69 Å². The number of hydrogen-bond acceptors (Lipinski definition) is 3. The van der Waals surface area contributed by atoms with E-state index >= 15 is 0 Å². The molecule has 0 atom stereocenters. The summed E-state index contributed by atoms with van der Waals surface area (Å²) in [6, 6.07) is 5.44. The maximum absolute atomic E-state index is 10.2. The first-order valence-corrected chi connectivity index (χ1v) is 5.85. The summed E-state index contributed by atoms with van der Waals surface area (Å²) in [7, 11) is 0. The normalized spacial score (nSPS) is 18.6. The minimum absolute atomic E-state index is 0.243. The van der Waals surface area contributed by atoms with E-state index in [1.165, 1.54) is 0 Å². The summed E-state index contributed by atoms with van der Waals surface area (Å²) in [4.78, 5) is 0. The Morgan fingerprint density at radius 1 is 1.31 bits per heavy atom. The van der Waals surface area contributed by atoms with E-state index in [9.17, 15) is 10.2 Å². The number of anilines is 1. The molecule has 1 aromatic carbocycles. The zero-order valence-electron chi connectivity index (χ0n) is 9.66. The highest BCUT2D eigenvalue weighted by Crippen LogP contribution is 2.31. The van der Waals surface area contributed by atoms with E-state index in [0.717, 1.165) is 31.2 Å². The van der Waals surface area contributed by atoms with Gasteiger partial charge in [0.05, 0.1) is 11.3 Å². The summed E-state index contributed by atoms with van der Waals surface area (Å²) >= 11 is 0. The van der Waals surface area contributed by atoms with Crippen LogP contribution < -0.4 is 5.32 Å². The van der Waals surface area contributed by atoms with Gasteiger partial charge in [-0.2, -0.15) is 0 Å². The molecule has 1 saturated carbocycles. The van der Waals surface area contributed by atoms with Crippen molar-refractivity contribution in [3.8, 4) is 5.75 Å². The third-order valence-electron chi connectivity index (χ3n) is 3.29. The van der Waals surface area contributed by atoms with Crippen LogP contribution in [0.3, 0.4) is 0 Å². The number of aryl methyl sites for hydroxylation is 1. The van der Waals surface area contributed by atoms with E-state index < -0.39 is 5.60 Å². The van der Waals surface area contributed by atoms with Gasteiger partial charge < -0.3 is 15.5 Å². The Kier molecular flexibility index (Phi) is 3.06. The molecule has 0 spiro atoms. The molecule has 0 saturated heterocycles. The van der Waals surface area contributed by atoms with Crippen molar-refractivity contribution in [1.82, 2.24) is 0 Å². The predicted octanol–water partition coefficient (Wildman–Crippen LogP) is 2.42. The Hall–Kier alpha value is -1.22. The first-order chi connectivity index (χ1) is 7.59. The van der Waals surface area contributed by atoms with Gasteiger partial charge in [-0.1, -0.05) is 18.9 Å². The lowest BCUT2D eigenvalue weighted by Crippen LogP contribution is -2.33.